The summed E-state index contributed by atoms with van der Waals surface area (Å²) in [5.41, 5.74) is 0. The molecule has 0 aromatic carbocycles. The third kappa shape index (κ3) is 3.73. The molecular weight excluding hydrogens is 288 g/mol. The zero-order valence-corrected chi connectivity index (χ0v) is 12.0. The highest BCUT2D eigenvalue weighted by atomic mass is 79.9. The number of carbonyl (C=O) groups excluding carboxylic acids is 1. The topological polar surface area (TPSA) is 64.4 Å². The number of anilines is 1. The molecule has 1 heterocycles. The molecule has 1 unspecified atom stereocenters. The van der Waals surface area contributed by atoms with Gasteiger partial charge in [-0.3, -0.25) is 0 Å². The van der Waals surface area contributed by atoms with Crippen LogP contribution in [0.25, 0.3) is 0 Å². The van der Waals surface area contributed by atoms with Crippen LogP contribution in [0, 0.1) is 12.8 Å². The fraction of sp³-hybridized carbons (Fsp3) is 0.636. The molecule has 1 rings (SSSR count). The van der Waals surface area contributed by atoms with Crippen LogP contribution in [-0.4, -0.2) is 24.3 Å². The van der Waals surface area contributed by atoms with E-state index in [-0.39, 0.29) is 5.97 Å². The highest BCUT2D eigenvalue weighted by Crippen LogP contribution is 2.26. The van der Waals surface area contributed by atoms with Gasteiger partial charge in [-0.05, 0) is 35.2 Å². The van der Waals surface area contributed by atoms with Crippen LogP contribution in [-0.2, 0) is 9.53 Å². The average molecular weight is 305 g/mol. The second kappa shape index (κ2) is 6.05. The van der Waals surface area contributed by atoms with Crippen LogP contribution in [0.2, 0.25) is 0 Å². The Hall–Kier alpha value is -1.04. The van der Waals surface area contributed by atoms with E-state index >= 15 is 0 Å². The number of carbonyl (C=O) groups is 1. The van der Waals surface area contributed by atoms with Crippen LogP contribution in [0.1, 0.15) is 26.0 Å². The van der Waals surface area contributed by atoms with Gasteiger partial charge in [0.1, 0.15) is 16.3 Å². The van der Waals surface area contributed by atoms with Crippen molar-refractivity contribution in [1.82, 2.24) is 5.16 Å². The SMILES string of the molecule is COC(=O)C(CC(C)C)Nc1noc(C)c1Br. The zero-order chi connectivity index (χ0) is 13.0. The lowest BCUT2D eigenvalue weighted by atomic mass is 10.0. The van der Waals surface area contributed by atoms with Gasteiger partial charge in [0.2, 0.25) is 0 Å². The Labute approximate surface area is 109 Å². The Bertz CT molecular complexity index is 390. The smallest absolute Gasteiger partial charge is 0.328 e. The van der Waals surface area contributed by atoms with E-state index in [1.807, 2.05) is 13.8 Å². The molecule has 0 radical (unpaired) electrons. The van der Waals surface area contributed by atoms with E-state index < -0.39 is 6.04 Å². The van der Waals surface area contributed by atoms with Crippen LogP contribution >= 0.6 is 15.9 Å². The lowest BCUT2D eigenvalue weighted by Crippen LogP contribution is -2.32. The highest BCUT2D eigenvalue weighted by molar-refractivity contribution is 9.10. The van der Waals surface area contributed by atoms with Gasteiger partial charge >= 0.3 is 5.97 Å². The maximum Gasteiger partial charge on any atom is 0.328 e. The van der Waals surface area contributed by atoms with Gasteiger partial charge in [0.15, 0.2) is 5.82 Å². The molecule has 6 heteroatoms. The van der Waals surface area contributed by atoms with Crippen LogP contribution in [0.4, 0.5) is 5.82 Å². The molecule has 0 aliphatic heterocycles. The maximum atomic E-state index is 11.6. The lowest BCUT2D eigenvalue weighted by Gasteiger charge is -2.17. The minimum absolute atomic E-state index is 0.300. The van der Waals surface area contributed by atoms with Crippen LogP contribution in [0.3, 0.4) is 0 Å². The monoisotopic (exact) mass is 304 g/mol. The number of hydrogen-bond acceptors (Lipinski definition) is 5. The van der Waals surface area contributed by atoms with Crippen LogP contribution in [0.5, 0.6) is 0 Å². The van der Waals surface area contributed by atoms with Gasteiger partial charge in [-0.1, -0.05) is 19.0 Å². The maximum absolute atomic E-state index is 11.6. The number of methoxy groups -OCH3 is 1. The first-order valence-electron chi connectivity index (χ1n) is 5.41. The summed E-state index contributed by atoms with van der Waals surface area (Å²) < 4.78 is 10.5. The Morgan fingerprint density at radius 1 is 1.59 bits per heavy atom. The largest absolute Gasteiger partial charge is 0.467 e. The Morgan fingerprint density at radius 2 is 2.24 bits per heavy atom. The molecule has 0 spiro atoms. The van der Waals surface area contributed by atoms with Crippen molar-refractivity contribution >= 4 is 27.7 Å². The van der Waals surface area contributed by atoms with Crippen molar-refractivity contribution in [3.63, 3.8) is 0 Å². The molecule has 0 saturated heterocycles. The van der Waals surface area contributed by atoms with Gasteiger partial charge in [-0.15, -0.1) is 0 Å². The molecule has 1 aromatic rings. The number of halogens is 1. The zero-order valence-electron chi connectivity index (χ0n) is 10.4. The van der Waals surface area contributed by atoms with Gasteiger partial charge in [0.25, 0.3) is 0 Å². The van der Waals surface area contributed by atoms with Crippen molar-refractivity contribution in [3.05, 3.63) is 10.2 Å². The molecular formula is C11H17BrN2O3. The first kappa shape index (κ1) is 14.0. The van der Waals surface area contributed by atoms with Gasteiger partial charge < -0.3 is 14.6 Å². The number of hydrogen-bond donors (Lipinski definition) is 1. The molecule has 0 bridgehead atoms. The normalized spacial score (nSPS) is 12.6. The van der Waals surface area contributed by atoms with Gasteiger partial charge in [-0.25, -0.2) is 4.79 Å². The van der Waals surface area contributed by atoms with Crippen molar-refractivity contribution in [3.8, 4) is 0 Å². The Kier molecular flexibility index (Phi) is 4.99. The third-order valence-electron chi connectivity index (χ3n) is 2.29. The lowest BCUT2D eigenvalue weighted by molar-refractivity contribution is -0.141. The first-order valence-corrected chi connectivity index (χ1v) is 6.21. The number of aromatic nitrogens is 1. The Morgan fingerprint density at radius 3 is 2.65 bits per heavy atom. The molecule has 0 aliphatic carbocycles. The summed E-state index contributed by atoms with van der Waals surface area (Å²) in [6.45, 7) is 5.87. The van der Waals surface area contributed by atoms with E-state index in [2.05, 4.69) is 26.4 Å². The summed E-state index contributed by atoms with van der Waals surface area (Å²) in [6, 6.07) is -0.416. The second-order valence-corrected chi connectivity index (χ2v) is 5.04. The molecule has 17 heavy (non-hydrogen) atoms. The molecule has 96 valence electrons. The standard InChI is InChI=1S/C11H17BrN2O3/c1-6(2)5-8(11(15)16-4)13-10-9(12)7(3)17-14-10/h6,8H,5H2,1-4H3,(H,13,14). The summed E-state index contributed by atoms with van der Waals surface area (Å²) in [7, 11) is 1.38. The summed E-state index contributed by atoms with van der Waals surface area (Å²) in [5.74, 6) is 1.27. The fourth-order valence-corrected chi connectivity index (χ4v) is 1.70. The molecule has 5 nitrogen and oxygen atoms in total. The summed E-state index contributed by atoms with van der Waals surface area (Å²) >= 11 is 3.35. The molecule has 1 aromatic heterocycles. The second-order valence-electron chi connectivity index (χ2n) is 4.25. The van der Waals surface area contributed by atoms with Crippen molar-refractivity contribution in [1.29, 1.82) is 0 Å². The van der Waals surface area contributed by atoms with Crippen molar-refractivity contribution in [2.75, 3.05) is 12.4 Å². The predicted molar refractivity (Wildman–Crippen MR) is 67.8 cm³/mol. The molecule has 0 aliphatic rings. The summed E-state index contributed by atoms with van der Waals surface area (Å²) in [5, 5.41) is 6.86. The van der Waals surface area contributed by atoms with E-state index in [1.54, 1.807) is 6.92 Å². The van der Waals surface area contributed by atoms with Gasteiger partial charge in [0.05, 0.1) is 7.11 Å². The van der Waals surface area contributed by atoms with Crippen LogP contribution in [0.15, 0.2) is 9.00 Å². The van der Waals surface area contributed by atoms with Crippen molar-refractivity contribution < 1.29 is 14.1 Å². The Balaban J connectivity index is 2.79. The number of nitrogens with zero attached hydrogens (tertiary/aromatic N) is 1. The molecule has 0 amide bonds. The quantitative estimate of drug-likeness (QED) is 0.847. The number of ether oxygens (including phenoxy) is 1. The van der Waals surface area contributed by atoms with Crippen LogP contribution < -0.4 is 5.32 Å². The third-order valence-corrected chi connectivity index (χ3v) is 3.23. The number of rotatable bonds is 5. The van der Waals surface area contributed by atoms with Gasteiger partial charge in [-0.2, -0.15) is 0 Å². The minimum Gasteiger partial charge on any atom is -0.467 e. The number of aryl methyl sites for hydroxylation is 1. The molecule has 1 N–H and O–H groups in total. The predicted octanol–water partition coefficient (Wildman–Crippen LogP) is 2.75. The van der Waals surface area contributed by atoms with Gasteiger partial charge in [0, 0.05) is 0 Å². The van der Waals surface area contributed by atoms with E-state index in [4.69, 9.17) is 9.26 Å². The van der Waals surface area contributed by atoms with Crippen molar-refractivity contribution in [2.24, 2.45) is 5.92 Å². The summed E-state index contributed by atoms with van der Waals surface area (Å²) in [4.78, 5) is 11.6. The number of nitrogens with one attached hydrogen (secondary N) is 1. The van der Waals surface area contributed by atoms with E-state index in [1.165, 1.54) is 7.11 Å². The van der Waals surface area contributed by atoms with E-state index in [9.17, 15) is 4.79 Å². The number of esters is 1. The average Bonchev–Trinajstić information content (AvgIpc) is 2.58. The van der Waals surface area contributed by atoms with E-state index in [0.717, 1.165) is 4.47 Å². The molecule has 0 saturated carbocycles. The minimum atomic E-state index is -0.416. The van der Waals surface area contributed by atoms with Crippen molar-refractivity contribution in [2.45, 2.75) is 33.2 Å². The fourth-order valence-electron chi connectivity index (χ4n) is 1.44. The van der Waals surface area contributed by atoms with E-state index in [0.29, 0.717) is 23.9 Å². The first-order chi connectivity index (χ1) is 7.95. The summed E-state index contributed by atoms with van der Waals surface area (Å²) in [6.07, 6.45) is 0.672. The molecule has 0 fully saturated rings. The molecule has 1 atom stereocenters. The highest BCUT2D eigenvalue weighted by Gasteiger charge is 2.23.